The van der Waals surface area contributed by atoms with Crippen molar-refractivity contribution in [2.45, 2.75) is 57.9 Å². The number of hydrogen-bond acceptors (Lipinski definition) is 2. The number of rotatable bonds is 6. The summed E-state index contributed by atoms with van der Waals surface area (Å²) in [5.41, 5.74) is 5.83. The molecule has 0 radical (unpaired) electrons. The average Bonchev–Trinajstić information content (AvgIpc) is 2.28. The van der Waals surface area contributed by atoms with E-state index in [1.165, 1.54) is 36.8 Å². The standard InChI is InChI=1S/C16H26N2/c1-12(2)9-10-16(18-17)15-8-4-7-14(11-15)13-5-3-6-13/h4,7-8,11-13,16,18H,3,5-6,9-10,17H2,1-2H3. The Hall–Kier alpha value is -0.860. The van der Waals surface area contributed by atoms with Gasteiger partial charge in [-0.15, -0.1) is 0 Å². The number of benzene rings is 1. The molecule has 0 amide bonds. The summed E-state index contributed by atoms with van der Waals surface area (Å²) >= 11 is 0. The van der Waals surface area contributed by atoms with E-state index in [9.17, 15) is 0 Å². The molecule has 0 aliphatic heterocycles. The SMILES string of the molecule is CC(C)CCC(NN)c1cccc(C2CCC2)c1. The second-order valence-corrected chi connectivity index (χ2v) is 5.99. The number of nitrogens with two attached hydrogens (primary N) is 1. The van der Waals surface area contributed by atoms with Gasteiger partial charge in [0, 0.05) is 6.04 Å². The van der Waals surface area contributed by atoms with Gasteiger partial charge in [-0.25, -0.2) is 0 Å². The third kappa shape index (κ3) is 3.33. The van der Waals surface area contributed by atoms with E-state index in [0.29, 0.717) is 6.04 Å². The fourth-order valence-corrected chi connectivity index (χ4v) is 2.62. The first-order valence-corrected chi connectivity index (χ1v) is 7.26. The van der Waals surface area contributed by atoms with Gasteiger partial charge in [0.2, 0.25) is 0 Å². The fraction of sp³-hybridized carbons (Fsp3) is 0.625. The molecule has 2 heteroatoms. The molecule has 1 aliphatic carbocycles. The summed E-state index contributed by atoms with van der Waals surface area (Å²) in [5, 5.41) is 0. The predicted molar refractivity (Wildman–Crippen MR) is 77.2 cm³/mol. The fourth-order valence-electron chi connectivity index (χ4n) is 2.62. The molecule has 1 aromatic carbocycles. The lowest BCUT2D eigenvalue weighted by molar-refractivity contribution is 0.417. The van der Waals surface area contributed by atoms with Gasteiger partial charge in [-0.05, 0) is 48.6 Å². The molecule has 1 fully saturated rings. The van der Waals surface area contributed by atoms with Gasteiger partial charge in [-0.2, -0.15) is 0 Å². The molecule has 0 spiro atoms. The zero-order valence-electron chi connectivity index (χ0n) is 11.7. The van der Waals surface area contributed by atoms with Crippen LogP contribution >= 0.6 is 0 Å². The summed E-state index contributed by atoms with van der Waals surface area (Å²) in [4.78, 5) is 0. The normalized spacial score (nSPS) is 17.8. The quantitative estimate of drug-likeness (QED) is 0.590. The Bertz CT molecular complexity index is 369. The highest BCUT2D eigenvalue weighted by atomic mass is 15.2. The second-order valence-electron chi connectivity index (χ2n) is 5.99. The van der Waals surface area contributed by atoms with Crippen LogP contribution in [0.25, 0.3) is 0 Å². The first-order valence-electron chi connectivity index (χ1n) is 7.26. The van der Waals surface area contributed by atoms with Gasteiger partial charge in [-0.1, -0.05) is 44.5 Å². The van der Waals surface area contributed by atoms with Crippen molar-refractivity contribution < 1.29 is 0 Å². The summed E-state index contributed by atoms with van der Waals surface area (Å²) in [5.74, 6) is 7.25. The molecule has 3 N–H and O–H groups in total. The molecule has 1 saturated carbocycles. The molecule has 1 atom stereocenters. The molecule has 2 nitrogen and oxygen atoms in total. The van der Waals surface area contributed by atoms with Gasteiger partial charge in [0.05, 0.1) is 0 Å². The monoisotopic (exact) mass is 246 g/mol. The zero-order chi connectivity index (χ0) is 13.0. The van der Waals surface area contributed by atoms with Gasteiger partial charge >= 0.3 is 0 Å². The molecule has 18 heavy (non-hydrogen) atoms. The average molecular weight is 246 g/mol. The highest BCUT2D eigenvalue weighted by molar-refractivity contribution is 5.29. The summed E-state index contributed by atoms with van der Waals surface area (Å²) in [6, 6.07) is 9.31. The van der Waals surface area contributed by atoms with Crippen LogP contribution in [0.5, 0.6) is 0 Å². The topological polar surface area (TPSA) is 38.0 Å². The molecular weight excluding hydrogens is 220 g/mol. The first kappa shape index (κ1) is 13.6. The lowest BCUT2D eigenvalue weighted by Gasteiger charge is -2.27. The molecule has 100 valence electrons. The van der Waals surface area contributed by atoms with Crippen molar-refractivity contribution in [2.75, 3.05) is 0 Å². The Morgan fingerprint density at radius 3 is 2.61 bits per heavy atom. The molecule has 1 unspecified atom stereocenters. The van der Waals surface area contributed by atoms with Gasteiger partial charge < -0.3 is 0 Å². The van der Waals surface area contributed by atoms with E-state index in [1.807, 2.05) is 0 Å². The van der Waals surface area contributed by atoms with Crippen molar-refractivity contribution in [1.29, 1.82) is 0 Å². The van der Waals surface area contributed by atoms with E-state index in [2.05, 4.69) is 43.5 Å². The molecule has 1 aromatic rings. The van der Waals surface area contributed by atoms with Crippen LogP contribution in [-0.4, -0.2) is 0 Å². The lowest BCUT2D eigenvalue weighted by atomic mass is 9.79. The molecule has 0 aromatic heterocycles. The van der Waals surface area contributed by atoms with Crippen LogP contribution < -0.4 is 11.3 Å². The maximum atomic E-state index is 5.71. The second kappa shape index (κ2) is 6.35. The summed E-state index contributed by atoms with van der Waals surface area (Å²) in [6.45, 7) is 4.52. The van der Waals surface area contributed by atoms with Crippen molar-refractivity contribution in [3.8, 4) is 0 Å². The highest BCUT2D eigenvalue weighted by Crippen LogP contribution is 2.37. The summed E-state index contributed by atoms with van der Waals surface area (Å²) in [6.07, 6.45) is 6.43. The predicted octanol–water partition coefficient (Wildman–Crippen LogP) is 3.89. The van der Waals surface area contributed by atoms with E-state index in [4.69, 9.17) is 5.84 Å². The van der Waals surface area contributed by atoms with Gasteiger partial charge in [0.15, 0.2) is 0 Å². The van der Waals surface area contributed by atoms with E-state index in [-0.39, 0.29) is 0 Å². The largest absolute Gasteiger partial charge is 0.271 e. The molecular formula is C16H26N2. The highest BCUT2D eigenvalue weighted by Gasteiger charge is 2.20. The number of hydrogen-bond donors (Lipinski definition) is 2. The lowest BCUT2D eigenvalue weighted by Crippen LogP contribution is -2.28. The molecule has 2 rings (SSSR count). The van der Waals surface area contributed by atoms with Crippen LogP contribution in [-0.2, 0) is 0 Å². The van der Waals surface area contributed by atoms with Gasteiger partial charge in [0.1, 0.15) is 0 Å². The zero-order valence-corrected chi connectivity index (χ0v) is 11.7. The number of nitrogens with one attached hydrogen (secondary N) is 1. The number of hydrazine groups is 1. The van der Waals surface area contributed by atoms with Crippen LogP contribution in [0.4, 0.5) is 0 Å². The maximum Gasteiger partial charge on any atom is 0.0460 e. The first-order chi connectivity index (χ1) is 8.70. The third-order valence-electron chi connectivity index (χ3n) is 4.12. The van der Waals surface area contributed by atoms with Crippen LogP contribution in [0, 0.1) is 5.92 Å². The van der Waals surface area contributed by atoms with Crippen molar-refractivity contribution in [3.05, 3.63) is 35.4 Å². The Balaban J connectivity index is 2.04. The molecule has 0 bridgehead atoms. The Labute approximate surface area is 111 Å². The van der Waals surface area contributed by atoms with E-state index >= 15 is 0 Å². The van der Waals surface area contributed by atoms with E-state index < -0.39 is 0 Å². The van der Waals surface area contributed by atoms with Crippen LogP contribution in [0.2, 0.25) is 0 Å². The van der Waals surface area contributed by atoms with E-state index in [0.717, 1.165) is 18.3 Å². The van der Waals surface area contributed by atoms with Gasteiger partial charge in [-0.3, -0.25) is 11.3 Å². The minimum atomic E-state index is 0.299. The van der Waals surface area contributed by atoms with Crippen LogP contribution in [0.1, 0.15) is 69.0 Å². The summed E-state index contributed by atoms with van der Waals surface area (Å²) in [7, 11) is 0. The maximum absolute atomic E-state index is 5.71. The summed E-state index contributed by atoms with van der Waals surface area (Å²) < 4.78 is 0. The molecule has 1 aliphatic rings. The Kier molecular flexibility index (Phi) is 4.79. The van der Waals surface area contributed by atoms with Crippen LogP contribution in [0.15, 0.2) is 24.3 Å². The van der Waals surface area contributed by atoms with Crippen molar-refractivity contribution in [1.82, 2.24) is 5.43 Å². The van der Waals surface area contributed by atoms with Crippen molar-refractivity contribution in [3.63, 3.8) is 0 Å². The molecule has 0 heterocycles. The Morgan fingerprint density at radius 1 is 1.28 bits per heavy atom. The third-order valence-corrected chi connectivity index (χ3v) is 4.12. The van der Waals surface area contributed by atoms with Crippen molar-refractivity contribution in [2.24, 2.45) is 11.8 Å². The van der Waals surface area contributed by atoms with Crippen molar-refractivity contribution >= 4 is 0 Å². The van der Waals surface area contributed by atoms with Crippen LogP contribution in [0.3, 0.4) is 0 Å². The minimum Gasteiger partial charge on any atom is -0.271 e. The minimum absolute atomic E-state index is 0.299. The smallest absolute Gasteiger partial charge is 0.0460 e. The Morgan fingerprint density at radius 2 is 2.06 bits per heavy atom. The van der Waals surface area contributed by atoms with Gasteiger partial charge in [0.25, 0.3) is 0 Å². The molecule has 0 saturated heterocycles. The van der Waals surface area contributed by atoms with E-state index in [1.54, 1.807) is 0 Å².